The van der Waals surface area contributed by atoms with E-state index in [1.807, 2.05) is 36.1 Å². The van der Waals surface area contributed by atoms with Crippen LogP contribution >= 0.6 is 11.7 Å². The molecule has 2 rings (SSSR count). The summed E-state index contributed by atoms with van der Waals surface area (Å²) in [4.78, 5) is 0. The summed E-state index contributed by atoms with van der Waals surface area (Å²) in [6.07, 6.45) is 6.21. The van der Waals surface area contributed by atoms with Crippen molar-refractivity contribution in [1.29, 1.82) is 0 Å². The van der Waals surface area contributed by atoms with Gasteiger partial charge in [-0.2, -0.15) is 4.37 Å². The lowest BCUT2D eigenvalue weighted by Gasteiger charge is -2.05. The van der Waals surface area contributed by atoms with Gasteiger partial charge in [-0.25, -0.2) is 4.57 Å². The van der Waals surface area contributed by atoms with Gasteiger partial charge in [0.25, 0.3) is 5.88 Å². The van der Waals surface area contributed by atoms with Crippen molar-refractivity contribution in [1.82, 2.24) is 8.75 Å². The van der Waals surface area contributed by atoms with Crippen molar-refractivity contribution in [3.63, 3.8) is 0 Å². The number of halogens is 1. The molecule has 0 amide bonds. The average molecular weight is 421 g/mol. The van der Waals surface area contributed by atoms with Crippen LogP contribution in [0.4, 0.5) is 0 Å². The summed E-state index contributed by atoms with van der Waals surface area (Å²) in [7, 11) is 1.98. The zero-order chi connectivity index (χ0) is 14.2. The molecule has 0 aliphatic rings. The number of rotatable bonds is 8. The number of hydrogen-bond acceptors (Lipinski definition) is 5. The Balaban J connectivity index is 0.00000220. The summed E-state index contributed by atoms with van der Waals surface area (Å²) in [5, 5.41) is 0. The second-order valence-corrected chi connectivity index (χ2v) is 5.02. The van der Waals surface area contributed by atoms with Gasteiger partial charge in [-0.05, 0) is 12.5 Å². The van der Waals surface area contributed by atoms with Crippen LogP contribution < -0.4 is 33.3 Å². The SMILES string of the molecule is CCCCOCCOc1nsnc1-c1ccc[n+](C)c1.[I-]. The molecular formula is C14H20IN3O2S. The first-order valence-corrected chi connectivity index (χ1v) is 7.53. The smallest absolute Gasteiger partial charge is 0.254 e. The van der Waals surface area contributed by atoms with E-state index in [4.69, 9.17) is 9.47 Å². The minimum Gasteiger partial charge on any atom is -1.00 e. The fourth-order valence-electron chi connectivity index (χ4n) is 1.73. The van der Waals surface area contributed by atoms with E-state index in [9.17, 15) is 0 Å². The first kappa shape index (κ1) is 18.2. The first-order valence-electron chi connectivity index (χ1n) is 6.80. The van der Waals surface area contributed by atoms with Crippen LogP contribution in [0.2, 0.25) is 0 Å². The van der Waals surface area contributed by atoms with Crippen molar-refractivity contribution in [2.45, 2.75) is 19.8 Å². The predicted molar refractivity (Wildman–Crippen MR) is 77.7 cm³/mol. The van der Waals surface area contributed by atoms with Gasteiger partial charge < -0.3 is 33.5 Å². The highest BCUT2D eigenvalue weighted by molar-refractivity contribution is 6.99. The number of ether oxygens (including phenoxy) is 2. The summed E-state index contributed by atoms with van der Waals surface area (Å²) in [5.41, 5.74) is 1.80. The van der Waals surface area contributed by atoms with E-state index < -0.39 is 0 Å². The van der Waals surface area contributed by atoms with Crippen molar-refractivity contribution >= 4 is 11.7 Å². The van der Waals surface area contributed by atoms with Crippen LogP contribution in [0.3, 0.4) is 0 Å². The molecule has 2 heterocycles. The molecule has 0 aliphatic heterocycles. The van der Waals surface area contributed by atoms with Gasteiger partial charge in [-0.1, -0.05) is 13.3 Å². The number of aryl methyl sites for hydroxylation is 1. The number of nitrogens with zero attached hydrogens (tertiary/aromatic N) is 3. The lowest BCUT2D eigenvalue weighted by Crippen LogP contribution is -3.00. The van der Waals surface area contributed by atoms with Crippen LogP contribution in [0.15, 0.2) is 24.5 Å². The Morgan fingerprint density at radius 3 is 2.86 bits per heavy atom. The zero-order valence-electron chi connectivity index (χ0n) is 12.3. The highest BCUT2D eigenvalue weighted by atomic mass is 127. The maximum absolute atomic E-state index is 5.65. The molecule has 0 radical (unpaired) electrons. The van der Waals surface area contributed by atoms with Crippen LogP contribution in [0.25, 0.3) is 11.3 Å². The lowest BCUT2D eigenvalue weighted by molar-refractivity contribution is -0.671. The molecule has 0 bridgehead atoms. The third-order valence-corrected chi connectivity index (χ3v) is 3.29. The molecule has 0 spiro atoms. The quantitative estimate of drug-likeness (QED) is 0.319. The van der Waals surface area contributed by atoms with Gasteiger partial charge in [0.15, 0.2) is 18.1 Å². The van der Waals surface area contributed by atoms with Gasteiger partial charge in [0.2, 0.25) is 0 Å². The van der Waals surface area contributed by atoms with Gasteiger partial charge in [0.05, 0.1) is 23.9 Å². The molecule has 7 heteroatoms. The van der Waals surface area contributed by atoms with Crippen molar-refractivity contribution in [2.24, 2.45) is 7.05 Å². The Bertz CT molecular complexity index is 536. The van der Waals surface area contributed by atoms with E-state index in [1.165, 1.54) is 0 Å². The van der Waals surface area contributed by atoms with E-state index in [-0.39, 0.29) is 24.0 Å². The molecule has 0 saturated heterocycles. The van der Waals surface area contributed by atoms with E-state index in [1.54, 1.807) is 0 Å². The summed E-state index contributed by atoms with van der Waals surface area (Å²) in [6, 6.07) is 3.98. The molecule has 116 valence electrons. The standard InChI is InChI=1S/C14H20N3O2S.HI/c1-3-4-8-18-9-10-19-14-13(15-20-16-14)12-6-5-7-17(2)11-12;/h5-7,11H,3-4,8-10H2,1-2H3;1H/q+1;/p-1. The maximum atomic E-state index is 5.65. The van der Waals surface area contributed by atoms with E-state index >= 15 is 0 Å². The molecule has 0 aliphatic carbocycles. The van der Waals surface area contributed by atoms with E-state index in [0.29, 0.717) is 19.1 Å². The zero-order valence-corrected chi connectivity index (χ0v) is 15.3. The van der Waals surface area contributed by atoms with Crippen LogP contribution in [-0.4, -0.2) is 28.6 Å². The molecule has 2 aromatic heterocycles. The van der Waals surface area contributed by atoms with E-state index in [2.05, 4.69) is 15.7 Å². The minimum atomic E-state index is 0. The van der Waals surface area contributed by atoms with Gasteiger partial charge in [-0.15, -0.1) is 4.37 Å². The lowest BCUT2D eigenvalue weighted by atomic mass is 10.2. The highest BCUT2D eigenvalue weighted by Gasteiger charge is 2.14. The molecule has 0 N–H and O–H groups in total. The fourth-order valence-corrected chi connectivity index (χ4v) is 2.24. The molecule has 0 aromatic carbocycles. The summed E-state index contributed by atoms with van der Waals surface area (Å²) in [5.74, 6) is 0.584. The number of hydrogen-bond donors (Lipinski definition) is 0. The van der Waals surface area contributed by atoms with E-state index in [0.717, 1.165) is 42.4 Å². The fraction of sp³-hybridized carbons (Fsp3) is 0.500. The van der Waals surface area contributed by atoms with Crippen LogP contribution in [-0.2, 0) is 11.8 Å². The second kappa shape index (κ2) is 10.0. The largest absolute Gasteiger partial charge is 1.00 e. The number of aromatic nitrogens is 3. The average Bonchev–Trinajstić information content (AvgIpc) is 2.91. The van der Waals surface area contributed by atoms with Crippen LogP contribution in [0.5, 0.6) is 5.88 Å². The summed E-state index contributed by atoms with van der Waals surface area (Å²) < 4.78 is 21.6. The minimum absolute atomic E-state index is 0. The van der Waals surface area contributed by atoms with Crippen LogP contribution in [0.1, 0.15) is 19.8 Å². The summed E-state index contributed by atoms with van der Waals surface area (Å²) in [6.45, 7) is 4.02. The van der Waals surface area contributed by atoms with Crippen molar-refractivity contribution < 1.29 is 38.0 Å². The molecule has 21 heavy (non-hydrogen) atoms. The molecule has 0 fully saturated rings. The topological polar surface area (TPSA) is 48.1 Å². The van der Waals surface area contributed by atoms with Crippen molar-refractivity contribution in [3.8, 4) is 17.1 Å². The van der Waals surface area contributed by atoms with Crippen molar-refractivity contribution in [2.75, 3.05) is 19.8 Å². The number of unbranched alkanes of at least 4 members (excludes halogenated alkanes) is 1. The Kier molecular flexibility index (Phi) is 8.70. The van der Waals surface area contributed by atoms with Gasteiger partial charge in [0, 0.05) is 12.7 Å². The molecular weight excluding hydrogens is 401 g/mol. The first-order chi connectivity index (χ1) is 9.81. The molecule has 2 aromatic rings. The Morgan fingerprint density at radius 2 is 2.10 bits per heavy atom. The monoisotopic (exact) mass is 421 g/mol. The normalized spacial score (nSPS) is 10.2. The third-order valence-electron chi connectivity index (χ3n) is 2.78. The maximum Gasteiger partial charge on any atom is 0.254 e. The summed E-state index contributed by atoms with van der Waals surface area (Å²) >= 11 is 1.16. The molecule has 0 saturated carbocycles. The highest BCUT2D eigenvalue weighted by Crippen LogP contribution is 2.26. The molecule has 0 unspecified atom stereocenters. The van der Waals surface area contributed by atoms with Gasteiger partial charge in [0.1, 0.15) is 13.7 Å². The van der Waals surface area contributed by atoms with Gasteiger partial charge in [-0.3, -0.25) is 0 Å². The Hall–Kier alpha value is -0.800. The Labute approximate surface area is 146 Å². The predicted octanol–water partition coefficient (Wildman–Crippen LogP) is -0.771. The Morgan fingerprint density at radius 1 is 1.24 bits per heavy atom. The molecule has 0 atom stereocenters. The van der Waals surface area contributed by atoms with Crippen molar-refractivity contribution in [3.05, 3.63) is 24.5 Å². The van der Waals surface area contributed by atoms with Crippen LogP contribution in [0, 0.1) is 0 Å². The second-order valence-electron chi connectivity index (χ2n) is 4.49. The van der Waals surface area contributed by atoms with Gasteiger partial charge >= 0.3 is 0 Å². The third kappa shape index (κ3) is 5.84. The molecule has 5 nitrogen and oxygen atoms in total. The number of pyridine rings is 1.